The third-order valence-electron chi connectivity index (χ3n) is 4.58. The van der Waals surface area contributed by atoms with Crippen LogP contribution in [-0.4, -0.2) is 65.0 Å². The Morgan fingerprint density at radius 2 is 2.11 bits per heavy atom. The van der Waals surface area contributed by atoms with Crippen molar-refractivity contribution in [2.24, 2.45) is 0 Å². The van der Waals surface area contributed by atoms with E-state index in [0.717, 1.165) is 6.92 Å². The van der Waals surface area contributed by atoms with Crippen molar-refractivity contribution in [3.05, 3.63) is 22.6 Å². The number of nitrogen functional groups attached to an aromatic ring is 1. The van der Waals surface area contributed by atoms with Crippen LogP contribution in [0.4, 0.5) is 5.95 Å². The molecule has 2 aromatic rings. The first-order chi connectivity index (χ1) is 13.0. The first-order valence-corrected chi connectivity index (χ1v) is 10.2. The summed E-state index contributed by atoms with van der Waals surface area (Å²) in [7, 11) is -4.23. The molecule has 5 unspecified atom stereocenters. The van der Waals surface area contributed by atoms with Gasteiger partial charge in [-0.1, -0.05) is 0 Å². The summed E-state index contributed by atoms with van der Waals surface area (Å²) in [6.45, 7) is 2.61. The van der Waals surface area contributed by atoms with Crippen LogP contribution in [0.1, 0.15) is 26.5 Å². The van der Waals surface area contributed by atoms with E-state index >= 15 is 0 Å². The molecule has 7 atom stereocenters. The molecule has 28 heavy (non-hydrogen) atoms. The highest BCUT2D eigenvalue weighted by Gasteiger charge is 2.45. The predicted molar refractivity (Wildman–Crippen MR) is 97.4 cm³/mol. The van der Waals surface area contributed by atoms with E-state index < -0.39 is 49.6 Å². The highest BCUT2D eigenvalue weighted by atomic mass is 31.2. The van der Waals surface area contributed by atoms with Gasteiger partial charge in [0, 0.05) is 12.6 Å². The van der Waals surface area contributed by atoms with Crippen LogP contribution < -0.4 is 11.3 Å². The van der Waals surface area contributed by atoms with Gasteiger partial charge in [-0.2, -0.15) is 4.98 Å². The molecule has 3 heterocycles. The molecule has 7 N–H and O–H groups in total. The number of aromatic nitrogens is 3. The number of ether oxygens (including phenoxy) is 1. The van der Waals surface area contributed by atoms with Crippen molar-refractivity contribution in [2.45, 2.75) is 56.8 Å². The molecule has 12 nitrogen and oxygen atoms in total. The summed E-state index contributed by atoms with van der Waals surface area (Å²) < 4.78 is 23.9. The zero-order chi connectivity index (χ0) is 20.8. The van der Waals surface area contributed by atoms with Crippen molar-refractivity contribution >= 4 is 24.6 Å². The van der Waals surface area contributed by atoms with Gasteiger partial charge in [0.15, 0.2) is 17.7 Å². The van der Waals surface area contributed by atoms with Crippen molar-refractivity contribution in [1.82, 2.24) is 14.5 Å². The van der Waals surface area contributed by atoms with Crippen LogP contribution in [-0.2, 0) is 13.8 Å². The van der Waals surface area contributed by atoms with Crippen LogP contribution in [0.3, 0.4) is 0 Å². The maximum absolute atomic E-state index is 11.9. The van der Waals surface area contributed by atoms with Crippen molar-refractivity contribution in [3.63, 3.8) is 0 Å². The lowest BCUT2D eigenvalue weighted by molar-refractivity contribution is -0.0460. The number of aliphatic hydroxyl groups is 3. The maximum atomic E-state index is 11.9. The second kappa shape index (κ2) is 7.56. The highest BCUT2D eigenvalue weighted by Crippen LogP contribution is 2.48. The monoisotopic (exact) mass is 418 g/mol. The van der Waals surface area contributed by atoms with E-state index in [1.165, 1.54) is 23.8 Å². The number of hydrogen-bond donors (Lipinski definition) is 6. The zero-order valence-corrected chi connectivity index (χ0v) is 16.1. The third-order valence-corrected chi connectivity index (χ3v) is 6.19. The Kier molecular flexibility index (Phi) is 5.65. The predicted octanol–water partition coefficient (Wildman–Crippen LogP) is -0.755. The van der Waals surface area contributed by atoms with Gasteiger partial charge in [0.1, 0.15) is 12.2 Å². The standard InChI is InChI=1S/C15H23N4O8P/c1-6(27-28(24,25)7(2)20)5-9-10(21)11(22)14(26-9)19-4-3-8-12(19)17-15(16)18-13(8)23/h3-4,6-7,9-11,14,20-22H,5H2,1-2H3,(H,24,25)(H3,16,17,18,23)/t6?,7?,9?,10?,11-,14-/m1/s1. The summed E-state index contributed by atoms with van der Waals surface area (Å²) in [6, 6.07) is 1.48. The van der Waals surface area contributed by atoms with Gasteiger partial charge < -0.3 is 39.8 Å². The van der Waals surface area contributed by atoms with E-state index in [1.54, 1.807) is 0 Å². The number of aromatic amines is 1. The normalized spacial score (nSPS) is 29.6. The summed E-state index contributed by atoms with van der Waals surface area (Å²) in [4.78, 5) is 27.9. The Morgan fingerprint density at radius 3 is 2.75 bits per heavy atom. The summed E-state index contributed by atoms with van der Waals surface area (Å²) >= 11 is 0. The highest BCUT2D eigenvalue weighted by molar-refractivity contribution is 7.53. The average Bonchev–Trinajstić information content (AvgIpc) is 3.10. The zero-order valence-electron chi connectivity index (χ0n) is 15.2. The lowest BCUT2D eigenvalue weighted by Crippen LogP contribution is -2.33. The van der Waals surface area contributed by atoms with Gasteiger partial charge in [-0.15, -0.1) is 0 Å². The molecule has 2 aromatic heterocycles. The fraction of sp³-hybridized carbons (Fsp3) is 0.600. The minimum Gasteiger partial charge on any atom is -0.388 e. The van der Waals surface area contributed by atoms with Crippen LogP contribution in [0.5, 0.6) is 0 Å². The van der Waals surface area contributed by atoms with Gasteiger partial charge in [-0.05, 0) is 19.9 Å². The summed E-state index contributed by atoms with van der Waals surface area (Å²) in [5.41, 5.74) is 5.29. The number of anilines is 1. The first kappa shape index (κ1) is 20.9. The average molecular weight is 418 g/mol. The Balaban J connectivity index is 1.80. The lowest BCUT2D eigenvalue weighted by Gasteiger charge is -2.23. The molecule has 1 fully saturated rings. The molecule has 1 aliphatic heterocycles. The second-order valence-electron chi connectivity index (χ2n) is 6.81. The van der Waals surface area contributed by atoms with E-state index in [0.29, 0.717) is 0 Å². The number of hydrogen-bond acceptors (Lipinski definition) is 9. The van der Waals surface area contributed by atoms with Gasteiger partial charge in [0.25, 0.3) is 5.56 Å². The molecule has 1 saturated heterocycles. The van der Waals surface area contributed by atoms with Gasteiger partial charge in [0.2, 0.25) is 5.95 Å². The quantitative estimate of drug-likeness (QED) is 0.325. The fourth-order valence-corrected chi connectivity index (χ4v) is 3.91. The molecular formula is C15H23N4O8P. The maximum Gasteiger partial charge on any atom is 0.356 e. The van der Waals surface area contributed by atoms with E-state index in [1.807, 2.05) is 0 Å². The van der Waals surface area contributed by atoms with Crippen LogP contribution in [0.15, 0.2) is 17.1 Å². The molecule has 0 saturated carbocycles. The Labute approximate surface area is 159 Å². The lowest BCUT2D eigenvalue weighted by atomic mass is 10.1. The van der Waals surface area contributed by atoms with Gasteiger partial charge in [-0.3, -0.25) is 14.3 Å². The molecule has 13 heteroatoms. The molecule has 0 amide bonds. The van der Waals surface area contributed by atoms with Gasteiger partial charge in [-0.25, -0.2) is 0 Å². The van der Waals surface area contributed by atoms with Crippen molar-refractivity contribution in [1.29, 1.82) is 0 Å². The molecule has 1 aliphatic rings. The SMILES string of the molecule is CC(CC1O[C@@H](n2ccc3c(=O)[nH]c(N)nc32)[C@H](O)C1O)OP(=O)(O)C(C)O. The van der Waals surface area contributed by atoms with E-state index in [2.05, 4.69) is 9.97 Å². The molecule has 0 aromatic carbocycles. The fourth-order valence-electron chi connectivity index (χ4n) is 3.14. The number of H-pyrrole nitrogens is 1. The first-order valence-electron chi connectivity index (χ1n) is 8.58. The summed E-state index contributed by atoms with van der Waals surface area (Å²) in [5.74, 6) is -1.68. The van der Waals surface area contributed by atoms with Crippen LogP contribution >= 0.6 is 7.60 Å². The molecule has 0 aliphatic carbocycles. The number of fused-ring (bicyclic) bond motifs is 1. The van der Waals surface area contributed by atoms with Crippen molar-refractivity contribution in [2.75, 3.05) is 5.73 Å². The van der Waals surface area contributed by atoms with Crippen LogP contribution in [0.25, 0.3) is 11.0 Å². The Bertz CT molecular complexity index is 959. The van der Waals surface area contributed by atoms with Gasteiger partial charge in [0.05, 0.1) is 17.6 Å². The van der Waals surface area contributed by atoms with Crippen LogP contribution in [0.2, 0.25) is 0 Å². The van der Waals surface area contributed by atoms with E-state index in [4.69, 9.17) is 15.0 Å². The van der Waals surface area contributed by atoms with Crippen molar-refractivity contribution in [3.8, 4) is 0 Å². The number of nitrogens with two attached hydrogens (primary N) is 1. The number of aliphatic hydroxyl groups excluding tert-OH is 3. The molecular weight excluding hydrogens is 395 g/mol. The Morgan fingerprint density at radius 1 is 1.43 bits per heavy atom. The van der Waals surface area contributed by atoms with Gasteiger partial charge >= 0.3 is 7.60 Å². The number of nitrogens with one attached hydrogen (secondary N) is 1. The van der Waals surface area contributed by atoms with Crippen molar-refractivity contribution < 1.29 is 34.0 Å². The molecule has 0 bridgehead atoms. The second-order valence-corrected chi connectivity index (χ2v) is 8.89. The molecule has 3 rings (SSSR count). The minimum atomic E-state index is -4.23. The molecule has 0 spiro atoms. The largest absolute Gasteiger partial charge is 0.388 e. The van der Waals surface area contributed by atoms with E-state index in [-0.39, 0.29) is 23.4 Å². The van der Waals surface area contributed by atoms with Crippen LogP contribution in [0, 0.1) is 0 Å². The Hall–Kier alpha value is -1.79. The minimum absolute atomic E-state index is 0.0264. The summed E-state index contributed by atoms with van der Waals surface area (Å²) in [5, 5.41) is 30.3. The number of nitrogens with zero attached hydrogens (tertiary/aromatic N) is 2. The molecule has 156 valence electrons. The topological polar surface area (TPSA) is 193 Å². The third kappa shape index (κ3) is 3.85. The van der Waals surface area contributed by atoms with E-state index in [9.17, 15) is 29.6 Å². The number of rotatable bonds is 6. The summed E-state index contributed by atoms with van der Waals surface area (Å²) in [6.07, 6.45) is -4.07. The smallest absolute Gasteiger partial charge is 0.356 e. The molecule has 0 radical (unpaired) electrons.